The summed E-state index contributed by atoms with van der Waals surface area (Å²) in [5.74, 6) is -0.317. The van der Waals surface area contributed by atoms with Gasteiger partial charge in [-0.2, -0.15) is 5.21 Å². The van der Waals surface area contributed by atoms with E-state index in [1.807, 2.05) is 31.2 Å². The van der Waals surface area contributed by atoms with E-state index in [9.17, 15) is 4.79 Å². The lowest BCUT2D eigenvalue weighted by atomic mass is 10.1. The first-order valence-electron chi connectivity index (χ1n) is 4.96. The van der Waals surface area contributed by atoms with Gasteiger partial charge in [-0.15, -0.1) is 10.2 Å². The number of benzene rings is 1. The second-order valence-corrected chi connectivity index (χ2v) is 4.40. The minimum Gasteiger partial charge on any atom is -0.343 e. The summed E-state index contributed by atoms with van der Waals surface area (Å²) in [7, 11) is 0. The monoisotopic (exact) mass is 295 g/mol. The normalized spacial score (nSPS) is 12.1. The SMILES string of the molecule is C[C@@H](NC(=O)c1nn[nH]n1)c1ccc(Br)cc1. The Morgan fingerprint density at radius 2 is 2.12 bits per heavy atom. The highest BCUT2D eigenvalue weighted by molar-refractivity contribution is 9.10. The number of aromatic nitrogens is 4. The molecule has 0 aliphatic carbocycles. The van der Waals surface area contributed by atoms with Gasteiger partial charge >= 0.3 is 0 Å². The average molecular weight is 296 g/mol. The molecule has 1 amide bonds. The molecule has 7 heteroatoms. The van der Waals surface area contributed by atoms with Crippen LogP contribution in [0.1, 0.15) is 29.1 Å². The predicted molar refractivity (Wildman–Crippen MR) is 64.2 cm³/mol. The number of nitrogens with zero attached hydrogens (tertiary/aromatic N) is 3. The fraction of sp³-hybridized carbons (Fsp3) is 0.200. The minimum absolute atomic E-state index is 0.0361. The van der Waals surface area contributed by atoms with Crippen LogP contribution in [0, 0.1) is 0 Å². The number of tetrazole rings is 1. The van der Waals surface area contributed by atoms with Gasteiger partial charge in [0.2, 0.25) is 0 Å². The van der Waals surface area contributed by atoms with Crippen molar-refractivity contribution >= 4 is 21.8 Å². The van der Waals surface area contributed by atoms with E-state index in [0.717, 1.165) is 10.0 Å². The van der Waals surface area contributed by atoms with E-state index in [0.29, 0.717) is 0 Å². The van der Waals surface area contributed by atoms with Crippen LogP contribution in [0.2, 0.25) is 0 Å². The van der Waals surface area contributed by atoms with Crippen LogP contribution < -0.4 is 5.32 Å². The number of rotatable bonds is 3. The Morgan fingerprint density at radius 1 is 1.41 bits per heavy atom. The van der Waals surface area contributed by atoms with Crippen molar-refractivity contribution in [1.29, 1.82) is 0 Å². The van der Waals surface area contributed by atoms with Crippen LogP contribution in [0.5, 0.6) is 0 Å². The highest BCUT2D eigenvalue weighted by atomic mass is 79.9. The van der Waals surface area contributed by atoms with Gasteiger partial charge in [0.1, 0.15) is 0 Å². The van der Waals surface area contributed by atoms with Crippen molar-refractivity contribution in [2.75, 3.05) is 0 Å². The van der Waals surface area contributed by atoms with Crippen LogP contribution in [0.15, 0.2) is 28.7 Å². The Hall–Kier alpha value is -1.76. The maximum Gasteiger partial charge on any atom is 0.293 e. The first-order chi connectivity index (χ1) is 8.16. The second-order valence-electron chi connectivity index (χ2n) is 3.48. The smallest absolute Gasteiger partial charge is 0.293 e. The largest absolute Gasteiger partial charge is 0.343 e. The minimum atomic E-state index is -0.353. The van der Waals surface area contributed by atoms with E-state index >= 15 is 0 Å². The van der Waals surface area contributed by atoms with Crippen molar-refractivity contribution < 1.29 is 4.79 Å². The number of aromatic amines is 1. The molecule has 0 fully saturated rings. The Morgan fingerprint density at radius 3 is 2.71 bits per heavy atom. The zero-order valence-corrected chi connectivity index (χ0v) is 10.6. The average Bonchev–Trinajstić information content (AvgIpc) is 2.83. The topological polar surface area (TPSA) is 83.6 Å². The molecule has 0 saturated heterocycles. The summed E-state index contributed by atoms with van der Waals surface area (Å²) in [6, 6.07) is 7.60. The number of carbonyl (C=O) groups excluding carboxylic acids is 1. The molecule has 1 aromatic carbocycles. The third-order valence-corrected chi connectivity index (χ3v) is 2.79. The van der Waals surface area contributed by atoms with E-state index < -0.39 is 0 Å². The molecule has 17 heavy (non-hydrogen) atoms. The highest BCUT2D eigenvalue weighted by Gasteiger charge is 2.14. The fourth-order valence-corrected chi connectivity index (χ4v) is 1.62. The van der Waals surface area contributed by atoms with Gasteiger partial charge in [-0.3, -0.25) is 4.79 Å². The van der Waals surface area contributed by atoms with Gasteiger partial charge in [-0.25, -0.2) is 0 Å². The Labute approximate surface area is 106 Å². The molecular weight excluding hydrogens is 286 g/mol. The van der Waals surface area contributed by atoms with Crippen molar-refractivity contribution in [2.24, 2.45) is 0 Å². The molecule has 0 spiro atoms. The van der Waals surface area contributed by atoms with Crippen molar-refractivity contribution in [3.8, 4) is 0 Å². The lowest BCUT2D eigenvalue weighted by Crippen LogP contribution is -2.27. The van der Waals surface area contributed by atoms with Gasteiger partial charge in [-0.05, 0) is 29.8 Å². The molecule has 6 nitrogen and oxygen atoms in total. The number of hydrogen-bond donors (Lipinski definition) is 2. The van der Waals surface area contributed by atoms with E-state index in [1.54, 1.807) is 0 Å². The predicted octanol–water partition coefficient (Wildman–Crippen LogP) is 1.45. The summed E-state index contributed by atoms with van der Waals surface area (Å²) in [5.41, 5.74) is 1.00. The number of halogens is 1. The van der Waals surface area contributed by atoms with E-state index in [-0.39, 0.29) is 17.8 Å². The molecule has 0 aliphatic heterocycles. The van der Waals surface area contributed by atoms with Crippen molar-refractivity contribution in [3.63, 3.8) is 0 Å². The lowest BCUT2D eigenvalue weighted by Gasteiger charge is -2.12. The summed E-state index contributed by atoms with van der Waals surface area (Å²) in [4.78, 5) is 11.7. The molecule has 2 N–H and O–H groups in total. The zero-order valence-electron chi connectivity index (χ0n) is 9.01. The third kappa shape index (κ3) is 2.88. The molecule has 0 saturated carbocycles. The van der Waals surface area contributed by atoms with Gasteiger partial charge in [0.15, 0.2) is 0 Å². The molecule has 0 aliphatic rings. The summed E-state index contributed by atoms with van der Waals surface area (Å²) in [6.45, 7) is 1.89. The first kappa shape index (κ1) is 11.7. The van der Waals surface area contributed by atoms with E-state index in [2.05, 4.69) is 41.9 Å². The molecule has 2 aromatic rings. The van der Waals surface area contributed by atoms with Crippen molar-refractivity contribution in [1.82, 2.24) is 25.9 Å². The molecule has 88 valence electrons. The lowest BCUT2D eigenvalue weighted by molar-refractivity contribution is 0.0929. The van der Waals surface area contributed by atoms with Crippen LogP contribution in [0.3, 0.4) is 0 Å². The molecule has 1 aromatic heterocycles. The maximum atomic E-state index is 11.7. The van der Waals surface area contributed by atoms with Crippen LogP contribution in [-0.4, -0.2) is 26.5 Å². The van der Waals surface area contributed by atoms with Crippen molar-refractivity contribution in [2.45, 2.75) is 13.0 Å². The number of hydrogen-bond acceptors (Lipinski definition) is 4. The van der Waals surface area contributed by atoms with Gasteiger partial charge in [0.25, 0.3) is 11.7 Å². The van der Waals surface area contributed by atoms with Crippen LogP contribution in [0.4, 0.5) is 0 Å². The number of carbonyl (C=O) groups is 1. The second kappa shape index (κ2) is 5.05. The van der Waals surface area contributed by atoms with Gasteiger partial charge in [-0.1, -0.05) is 28.1 Å². The standard InChI is InChI=1S/C10H10BrN5O/c1-6(7-2-4-8(11)5-3-7)12-10(17)9-13-15-16-14-9/h2-6H,1H3,(H,12,17)(H,13,14,15,16)/t6-/m1/s1. The molecule has 1 atom stereocenters. The summed E-state index contributed by atoms with van der Waals surface area (Å²) in [5, 5.41) is 15.6. The van der Waals surface area contributed by atoms with E-state index in [1.165, 1.54) is 0 Å². The molecule has 0 bridgehead atoms. The Kier molecular flexibility index (Phi) is 3.48. The molecule has 0 radical (unpaired) electrons. The highest BCUT2D eigenvalue weighted by Crippen LogP contribution is 2.16. The van der Waals surface area contributed by atoms with Gasteiger partial charge in [0, 0.05) is 4.47 Å². The third-order valence-electron chi connectivity index (χ3n) is 2.27. The summed E-state index contributed by atoms with van der Waals surface area (Å²) >= 11 is 3.36. The van der Waals surface area contributed by atoms with Crippen molar-refractivity contribution in [3.05, 3.63) is 40.1 Å². The fourth-order valence-electron chi connectivity index (χ4n) is 1.35. The van der Waals surface area contributed by atoms with Crippen LogP contribution in [0.25, 0.3) is 0 Å². The summed E-state index contributed by atoms with van der Waals surface area (Å²) in [6.07, 6.45) is 0. The zero-order chi connectivity index (χ0) is 12.3. The quantitative estimate of drug-likeness (QED) is 0.898. The first-order valence-corrected chi connectivity index (χ1v) is 5.76. The molecule has 0 unspecified atom stereocenters. The van der Waals surface area contributed by atoms with E-state index in [4.69, 9.17) is 0 Å². The van der Waals surface area contributed by atoms with Gasteiger partial charge in [0.05, 0.1) is 6.04 Å². The molecule has 2 rings (SSSR count). The van der Waals surface area contributed by atoms with Gasteiger partial charge < -0.3 is 5.32 Å². The molecule has 1 heterocycles. The maximum absolute atomic E-state index is 11.7. The van der Waals surface area contributed by atoms with Crippen LogP contribution >= 0.6 is 15.9 Å². The number of amides is 1. The summed E-state index contributed by atoms with van der Waals surface area (Å²) < 4.78 is 0.998. The number of H-pyrrole nitrogens is 1. The number of nitrogens with one attached hydrogen (secondary N) is 2. The Bertz CT molecular complexity index is 496. The van der Waals surface area contributed by atoms with Crippen LogP contribution in [-0.2, 0) is 0 Å². The molecular formula is C10H10BrN5O. The Balaban J connectivity index is 2.04.